The number of benzene rings is 3. The largest absolute Gasteiger partial charge is 0.497 e. The molecule has 41 heavy (non-hydrogen) atoms. The molecule has 0 radical (unpaired) electrons. The normalized spacial score (nSPS) is 11.2. The molecule has 4 rings (SSSR count). The molecule has 8 heteroatoms. The molecular formula is C33H39N3O5. The Balaban J connectivity index is 1.74. The van der Waals surface area contributed by atoms with E-state index < -0.39 is 0 Å². The van der Waals surface area contributed by atoms with Gasteiger partial charge in [0.05, 0.1) is 40.1 Å². The second kappa shape index (κ2) is 12.8. The Hall–Kier alpha value is -4.46. The molecule has 1 amide bonds. The average Bonchev–Trinajstić information content (AvgIpc) is 3.38. The number of aromatic nitrogens is 2. The first kappa shape index (κ1) is 29.5. The number of carbonyl (C=O) groups excluding carboxylic acids is 1. The number of carbonyl (C=O) groups is 1. The van der Waals surface area contributed by atoms with Gasteiger partial charge in [0.2, 0.25) is 0 Å². The van der Waals surface area contributed by atoms with E-state index in [4.69, 9.17) is 18.9 Å². The van der Waals surface area contributed by atoms with Gasteiger partial charge in [-0.3, -0.25) is 9.48 Å². The summed E-state index contributed by atoms with van der Waals surface area (Å²) in [5, 5.41) is 4.65. The molecule has 0 bridgehead atoms. The van der Waals surface area contributed by atoms with Crippen LogP contribution >= 0.6 is 0 Å². The number of nitrogens with zero attached hydrogens (tertiary/aromatic N) is 3. The Kier molecular flexibility index (Phi) is 9.22. The molecule has 0 aliphatic carbocycles. The average molecular weight is 558 g/mol. The smallest absolute Gasteiger partial charge is 0.272 e. The van der Waals surface area contributed by atoms with Gasteiger partial charge in [0.1, 0.15) is 23.8 Å². The topological polar surface area (TPSA) is 75.0 Å². The van der Waals surface area contributed by atoms with Gasteiger partial charge in [-0.25, -0.2) is 0 Å². The summed E-state index contributed by atoms with van der Waals surface area (Å²) in [6.45, 7) is 7.16. The van der Waals surface area contributed by atoms with Crippen LogP contribution in [0.4, 0.5) is 0 Å². The van der Waals surface area contributed by atoms with Gasteiger partial charge in [0, 0.05) is 29.7 Å². The number of methoxy groups -OCH3 is 3. The highest BCUT2D eigenvalue weighted by molar-refractivity contribution is 5.92. The van der Waals surface area contributed by atoms with Gasteiger partial charge < -0.3 is 23.8 Å². The first-order valence-corrected chi connectivity index (χ1v) is 13.5. The number of hydrogen-bond donors (Lipinski definition) is 0. The van der Waals surface area contributed by atoms with Gasteiger partial charge in [0.15, 0.2) is 11.5 Å². The third kappa shape index (κ3) is 7.01. The van der Waals surface area contributed by atoms with Crippen LogP contribution in [0, 0.1) is 0 Å². The number of para-hydroxylation sites is 1. The first-order valence-electron chi connectivity index (χ1n) is 13.5. The van der Waals surface area contributed by atoms with Crippen LogP contribution in [0.15, 0.2) is 72.8 Å². The highest BCUT2D eigenvalue weighted by atomic mass is 16.5. The SMILES string of the molecule is COc1ccc(CN(Cc2cccc(OC)c2OCc2ccccc2)C(=O)c2cc(C(C)(C)C)nn2C)c(OC)c1. The molecule has 0 N–H and O–H groups in total. The van der Waals surface area contributed by atoms with Crippen LogP contribution in [-0.4, -0.2) is 41.9 Å². The van der Waals surface area contributed by atoms with Crippen molar-refractivity contribution in [2.45, 2.75) is 45.9 Å². The fourth-order valence-electron chi connectivity index (χ4n) is 4.53. The molecule has 3 aromatic carbocycles. The van der Waals surface area contributed by atoms with E-state index in [0.29, 0.717) is 35.3 Å². The van der Waals surface area contributed by atoms with Gasteiger partial charge in [-0.05, 0) is 29.8 Å². The maximum absolute atomic E-state index is 14.2. The summed E-state index contributed by atoms with van der Waals surface area (Å²) in [6.07, 6.45) is 0. The Labute approximate surface area is 242 Å². The van der Waals surface area contributed by atoms with Crippen molar-refractivity contribution >= 4 is 5.91 Å². The maximum Gasteiger partial charge on any atom is 0.272 e. The van der Waals surface area contributed by atoms with E-state index in [0.717, 1.165) is 22.4 Å². The van der Waals surface area contributed by atoms with E-state index in [2.05, 4.69) is 25.9 Å². The molecule has 4 aromatic rings. The number of ether oxygens (including phenoxy) is 4. The summed E-state index contributed by atoms with van der Waals surface area (Å²) < 4.78 is 24.7. The van der Waals surface area contributed by atoms with E-state index in [1.807, 2.05) is 72.8 Å². The molecule has 216 valence electrons. The predicted octanol–water partition coefficient (Wildman–Crippen LogP) is 6.17. The number of aryl methyl sites for hydroxylation is 1. The lowest BCUT2D eigenvalue weighted by Gasteiger charge is -2.26. The Morgan fingerprint density at radius 1 is 0.829 bits per heavy atom. The molecule has 0 spiro atoms. The first-order chi connectivity index (χ1) is 19.6. The minimum absolute atomic E-state index is 0.162. The van der Waals surface area contributed by atoms with Crippen molar-refractivity contribution in [3.8, 4) is 23.0 Å². The van der Waals surface area contributed by atoms with Crippen molar-refractivity contribution in [2.24, 2.45) is 7.05 Å². The highest BCUT2D eigenvalue weighted by Crippen LogP contribution is 2.34. The highest BCUT2D eigenvalue weighted by Gasteiger charge is 2.27. The predicted molar refractivity (Wildman–Crippen MR) is 159 cm³/mol. The molecule has 0 saturated heterocycles. The third-order valence-electron chi connectivity index (χ3n) is 6.88. The summed E-state index contributed by atoms with van der Waals surface area (Å²) in [5.74, 6) is 2.34. The van der Waals surface area contributed by atoms with E-state index in [1.165, 1.54) is 0 Å². The van der Waals surface area contributed by atoms with Gasteiger partial charge in [0.25, 0.3) is 5.91 Å². The summed E-state index contributed by atoms with van der Waals surface area (Å²) in [5.41, 5.74) is 3.83. The zero-order chi connectivity index (χ0) is 29.6. The van der Waals surface area contributed by atoms with E-state index in [1.54, 1.807) is 38.0 Å². The molecule has 0 aliphatic heterocycles. The van der Waals surface area contributed by atoms with Crippen molar-refractivity contribution < 1.29 is 23.7 Å². The zero-order valence-corrected chi connectivity index (χ0v) is 24.9. The lowest BCUT2D eigenvalue weighted by Crippen LogP contribution is -2.32. The van der Waals surface area contributed by atoms with Crippen molar-refractivity contribution in [2.75, 3.05) is 21.3 Å². The van der Waals surface area contributed by atoms with Gasteiger partial charge in [-0.1, -0.05) is 63.2 Å². The summed E-state index contributed by atoms with van der Waals surface area (Å²) in [7, 11) is 6.63. The monoisotopic (exact) mass is 557 g/mol. The van der Waals surface area contributed by atoms with Crippen LogP contribution in [0.25, 0.3) is 0 Å². The molecule has 0 saturated carbocycles. The molecule has 8 nitrogen and oxygen atoms in total. The van der Waals surface area contributed by atoms with Crippen LogP contribution in [0.1, 0.15) is 53.6 Å². The molecular weight excluding hydrogens is 518 g/mol. The summed E-state index contributed by atoms with van der Waals surface area (Å²) >= 11 is 0. The number of amides is 1. The second-order valence-corrected chi connectivity index (χ2v) is 10.9. The van der Waals surface area contributed by atoms with Crippen LogP contribution in [0.5, 0.6) is 23.0 Å². The van der Waals surface area contributed by atoms with E-state index in [9.17, 15) is 4.79 Å². The van der Waals surface area contributed by atoms with Crippen molar-refractivity contribution in [3.05, 3.63) is 101 Å². The van der Waals surface area contributed by atoms with Crippen LogP contribution in [0.2, 0.25) is 0 Å². The van der Waals surface area contributed by atoms with Crippen LogP contribution in [0.3, 0.4) is 0 Å². The quantitative estimate of drug-likeness (QED) is 0.220. The molecule has 0 fully saturated rings. The van der Waals surface area contributed by atoms with Crippen molar-refractivity contribution in [1.82, 2.24) is 14.7 Å². The molecule has 0 aliphatic rings. The minimum atomic E-state index is -0.203. The number of rotatable bonds is 11. The molecule has 0 unspecified atom stereocenters. The van der Waals surface area contributed by atoms with Crippen molar-refractivity contribution in [1.29, 1.82) is 0 Å². The lowest BCUT2D eigenvalue weighted by atomic mass is 9.92. The van der Waals surface area contributed by atoms with Gasteiger partial charge >= 0.3 is 0 Å². The Morgan fingerprint density at radius 2 is 1.54 bits per heavy atom. The molecule has 1 aromatic heterocycles. The van der Waals surface area contributed by atoms with Crippen LogP contribution < -0.4 is 18.9 Å². The van der Waals surface area contributed by atoms with Gasteiger partial charge in [-0.15, -0.1) is 0 Å². The van der Waals surface area contributed by atoms with Crippen molar-refractivity contribution in [3.63, 3.8) is 0 Å². The maximum atomic E-state index is 14.2. The lowest BCUT2D eigenvalue weighted by molar-refractivity contribution is 0.0715. The zero-order valence-electron chi connectivity index (χ0n) is 24.9. The third-order valence-corrected chi connectivity index (χ3v) is 6.88. The summed E-state index contributed by atoms with van der Waals surface area (Å²) in [4.78, 5) is 16.0. The Morgan fingerprint density at radius 3 is 2.17 bits per heavy atom. The number of hydrogen-bond acceptors (Lipinski definition) is 6. The van der Waals surface area contributed by atoms with Crippen LogP contribution in [-0.2, 0) is 32.2 Å². The standard InChI is InChI=1S/C33H39N3O5/c1-33(2,3)30-19-27(35(4)34-30)32(37)36(20-24-16-17-26(38-5)18-29(24)40-7)21-25-14-11-15-28(39-6)31(25)41-22-23-12-9-8-10-13-23/h8-19H,20-22H2,1-7H3. The fraction of sp³-hybridized carbons (Fsp3) is 0.333. The van der Waals surface area contributed by atoms with E-state index >= 15 is 0 Å². The molecule has 0 atom stereocenters. The van der Waals surface area contributed by atoms with E-state index in [-0.39, 0.29) is 24.4 Å². The summed E-state index contributed by atoms with van der Waals surface area (Å²) in [6, 6.07) is 23.1. The Bertz CT molecular complexity index is 1470. The fourth-order valence-corrected chi connectivity index (χ4v) is 4.53. The minimum Gasteiger partial charge on any atom is -0.497 e. The second-order valence-electron chi connectivity index (χ2n) is 10.9. The molecule has 1 heterocycles. The van der Waals surface area contributed by atoms with Gasteiger partial charge in [-0.2, -0.15) is 5.10 Å².